The van der Waals surface area contributed by atoms with Gasteiger partial charge >= 0.3 is 0 Å². The van der Waals surface area contributed by atoms with Gasteiger partial charge in [0.25, 0.3) is 0 Å². The summed E-state index contributed by atoms with van der Waals surface area (Å²) in [4.78, 5) is 17.5. The molecule has 0 bridgehead atoms. The van der Waals surface area contributed by atoms with Gasteiger partial charge in [0.15, 0.2) is 5.11 Å². The Morgan fingerprint density at radius 2 is 1.45 bits per heavy atom. The molecule has 4 rings (SSSR count). The Labute approximate surface area is 174 Å². The Bertz CT molecular complexity index is 1100. The van der Waals surface area contributed by atoms with Crippen LogP contribution in [0.4, 0.5) is 5.69 Å². The largest absolute Gasteiger partial charge is 0.332 e. The van der Waals surface area contributed by atoms with Gasteiger partial charge in [0.05, 0.1) is 11.4 Å². The summed E-state index contributed by atoms with van der Waals surface area (Å²) in [6, 6.07) is 29.0. The molecule has 0 spiro atoms. The number of fused-ring (bicyclic) bond motifs is 1. The lowest BCUT2D eigenvalue weighted by molar-refractivity contribution is -0.120. The third kappa shape index (κ3) is 4.31. The number of hydrogen-bond donors (Lipinski definition) is 2. The first-order valence-corrected chi connectivity index (χ1v) is 9.69. The Morgan fingerprint density at radius 1 is 0.793 bits per heavy atom. The number of carbonyl (C=O) groups is 1. The molecule has 0 unspecified atom stereocenters. The molecule has 0 saturated carbocycles. The second kappa shape index (κ2) is 8.63. The predicted octanol–water partition coefficient (Wildman–Crippen LogP) is 4.88. The lowest BCUT2D eigenvalue weighted by atomic mass is 9.90. The summed E-state index contributed by atoms with van der Waals surface area (Å²) in [6.07, 6.45) is 1.75. The van der Waals surface area contributed by atoms with Crippen LogP contribution in [0.3, 0.4) is 0 Å². The molecule has 1 aromatic heterocycles. The van der Waals surface area contributed by atoms with Gasteiger partial charge in [-0.05, 0) is 47.6 Å². The lowest BCUT2D eigenvalue weighted by Gasteiger charge is -2.19. The zero-order valence-corrected chi connectivity index (χ0v) is 16.4. The zero-order valence-electron chi connectivity index (χ0n) is 15.6. The normalized spacial score (nSPS) is 10.7. The summed E-state index contributed by atoms with van der Waals surface area (Å²) in [7, 11) is 0. The summed E-state index contributed by atoms with van der Waals surface area (Å²) < 4.78 is 0. The van der Waals surface area contributed by atoms with Crippen molar-refractivity contribution in [3.05, 3.63) is 108 Å². The van der Waals surface area contributed by atoms with Gasteiger partial charge in [-0.15, -0.1) is 0 Å². The van der Waals surface area contributed by atoms with E-state index in [0.717, 1.165) is 27.7 Å². The minimum absolute atomic E-state index is 0.182. The fourth-order valence-electron chi connectivity index (χ4n) is 3.34. The molecule has 0 aliphatic rings. The Hall–Kier alpha value is -3.57. The highest BCUT2D eigenvalue weighted by Crippen LogP contribution is 2.25. The van der Waals surface area contributed by atoms with Crippen molar-refractivity contribution < 1.29 is 4.79 Å². The molecule has 0 aliphatic carbocycles. The quantitative estimate of drug-likeness (QED) is 0.482. The maximum atomic E-state index is 13.2. The molecule has 0 fully saturated rings. The van der Waals surface area contributed by atoms with E-state index in [1.807, 2.05) is 91.0 Å². The van der Waals surface area contributed by atoms with Crippen LogP contribution in [-0.4, -0.2) is 16.0 Å². The van der Waals surface area contributed by atoms with Crippen LogP contribution < -0.4 is 10.6 Å². The summed E-state index contributed by atoms with van der Waals surface area (Å²) in [5.41, 5.74) is 3.48. The molecule has 2 N–H and O–H groups in total. The molecule has 142 valence electrons. The van der Waals surface area contributed by atoms with E-state index in [0.29, 0.717) is 0 Å². The van der Waals surface area contributed by atoms with Gasteiger partial charge in [0.2, 0.25) is 5.91 Å². The van der Waals surface area contributed by atoms with Crippen molar-refractivity contribution in [3.8, 4) is 0 Å². The number of hydrogen-bond acceptors (Lipinski definition) is 3. The maximum absolute atomic E-state index is 13.2. The zero-order chi connectivity index (χ0) is 20.1. The monoisotopic (exact) mass is 397 g/mol. The lowest BCUT2D eigenvalue weighted by Crippen LogP contribution is -2.37. The number of benzene rings is 3. The van der Waals surface area contributed by atoms with Gasteiger partial charge in [0.1, 0.15) is 0 Å². The van der Waals surface area contributed by atoms with Gasteiger partial charge in [0, 0.05) is 17.3 Å². The number of rotatable bonds is 4. The molecular formula is C24H19N3OS. The number of anilines is 1. The highest BCUT2D eigenvalue weighted by atomic mass is 32.1. The molecule has 3 aromatic carbocycles. The average molecular weight is 398 g/mol. The highest BCUT2D eigenvalue weighted by Gasteiger charge is 2.23. The maximum Gasteiger partial charge on any atom is 0.238 e. The topological polar surface area (TPSA) is 54.0 Å². The Morgan fingerprint density at radius 3 is 2.10 bits per heavy atom. The Kier molecular flexibility index (Phi) is 5.59. The molecule has 4 aromatic rings. The molecule has 0 aliphatic heterocycles. The van der Waals surface area contributed by atoms with Crippen molar-refractivity contribution >= 4 is 39.8 Å². The third-order valence-corrected chi connectivity index (χ3v) is 4.86. The van der Waals surface area contributed by atoms with Crippen LogP contribution in [0.25, 0.3) is 10.9 Å². The van der Waals surface area contributed by atoms with Crippen molar-refractivity contribution in [2.24, 2.45) is 0 Å². The molecule has 0 saturated heterocycles. The summed E-state index contributed by atoms with van der Waals surface area (Å²) in [5, 5.41) is 7.18. The van der Waals surface area contributed by atoms with Crippen LogP contribution in [0, 0.1) is 0 Å². The van der Waals surface area contributed by atoms with E-state index in [1.165, 1.54) is 0 Å². The van der Waals surface area contributed by atoms with Crippen LogP contribution in [0.1, 0.15) is 17.0 Å². The molecular weight excluding hydrogens is 378 g/mol. The van der Waals surface area contributed by atoms with Crippen LogP contribution in [0.15, 0.2) is 97.2 Å². The number of nitrogens with one attached hydrogen (secondary N) is 2. The molecule has 0 atom stereocenters. The number of amides is 1. The van der Waals surface area contributed by atoms with Crippen LogP contribution in [0.2, 0.25) is 0 Å². The number of nitrogens with zero attached hydrogens (tertiary/aromatic N) is 1. The molecule has 0 radical (unpaired) electrons. The molecule has 29 heavy (non-hydrogen) atoms. The van der Waals surface area contributed by atoms with E-state index >= 15 is 0 Å². The molecule has 4 nitrogen and oxygen atoms in total. The van der Waals surface area contributed by atoms with Crippen molar-refractivity contribution in [3.63, 3.8) is 0 Å². The first kappa shape index (κ1) is 18.8. The first-order valence-electron chi connectivity index (χ1n) is 9.28. The SMILES string of the molecule is O=C(NC(=S)Nc1cccc2ncccc12)C(c1ccccc1)c1ccccc1. The molecule has 5 heteroatoms. The van der Waals surface area contributed by atoms with E-state index in [4.69, 9.17) is 12.2 Å². The minimum Gasteiger partial charge on any atom is -0.332 e. The predicted molar refractivity (Wildman–Crippen MR) is 121 cm³/mol. The van der Waals surface area contributed by atoms with Crippen molar-refractivity contribution in [2.75, 3.05) is 5.32 Å². The van der Waals surface area contributed by atoms with Crippen molar-refractivity contribution in [2.45, 2.75) is 5.92 Å². The minimum atomic E-state index is -0.452. The molecule has 1 heterocycles. The van der Waals surface area contributed by atoms with Crippen LogP contribution in [-0.2, 0) is 4.79 Å². The van der Waals surface area contributed by atoms with Gasteiger partial charge in [-0.1, -0.05) is 66.7 Å². The number of aromatic nitrogens is 1. The average Bonchev–Trinajstić information content (AvgIpc) is 2.76. The summed E-state index contributed by atoms with van der Waals surface area (Å²) in [5.74, 6) is -0.635. The fraction of sp³-hybridized carbons (Fsp3) is 0.0417. The smallest absolute Gasteiger partial charge is 0.238 e. The van der Waals surface area contributed by atoms with Crippen molar-refractivity contribution in [1.82, 2.24) is 10.3 Å². The highest BCUT2D eigenvalue weighted by molar-refractivity contribution is 7.80. The Balaban J connectivity index is 1.57. The van der Waals surface area contributed by atoms with Crippen LogP contribution >= 0.6 is 12.2 Å². The summed E-state index contributed by atoms with van der Waals surface area (Å²) in [6.45, 7) is 0. The van der Waals surface area contributed by atoms with Gasteiger partial charge < -0.3 is 10.6 Å². The van der Waals surface area contributed by atoms with E-state index in [9.17, 15) is 4.79 Å². The van der Waals surface area contributed by atoms with E-state index in [2.05, 4.69) is 15.6 Å². The van der Waals surface area contributed by atoms with E-state index in [1.54, 1.807) is 6.20 Å². The first-order chi connectivity index (χ1) is 14.2. The number of thiocarbonyl (C=S) groups is 1. The summed E-state index contributed by atoms with van der Waals surface area (Å²) >= 11 is 5.43. The fourth-order valence-corrected chi connectivity index (χ4v) is 3.55. The van der Waals surface area contributed by atoms with Gasteiger partial charge in [-0.2, -0.15) is 0 Å². The third-order valence-electron chi connectivity index (χ3n) is 4.66. The second-order valence-corrected chi connectivity index (χ2v) is 6.98. The second-order valence-electron chi connectivity index (χ2n) is 6.57. The number of carbonyl (C=O) groups excluding carboxylic acids is 1. The van der Waals surface area contributed by atoms with E-state index < -0.39 is 5.92 Å². The van der Waals surface area contributed by atoms with E-state index in [-0.39, 0.29) is 11.0 Å². The molecule has 1 amide bonds. The van der Waals surface area contributed by atoms with Gasteiger partial charge in [-0.25, -0.2) is 0 Å². The standard InChI is InChI=1S/C24H19N3OS/c28-23(22(17-9-3-1-4-10-17)18-11-5-2-6-12-18)27-24(29)26-21-15-7-14-20-19(21)13-8-16-25-20/h1-16,22H,(H2,26,27,28,29). The van der Waals surface area contributed by atoms with Crippen LogP contribution in [0.5, 0.6) is 0 Å². The van der Waals surface area contributed by atoms with Gasteiger partial charge in [-0.3, -0.25) is 9.78 Å². The number of pyridine rings is 1. The van der Waals surface area contributed by atoms with Crippen molar-refractivity contribution in [1.29, 1.82) is 0 Å².